The summed E-state index contributed by atoms with van der Waals surface area (Å²) in [5.74, 6) is 1.32. The number of halogens is 1. The van der Waals surface area contributed by atoms with E-state index in [0.29, 0.717) is 17.4 Å². The van der Waals surface area contributed by atoms with Crippen LogP contribution in [0.15, 0.2) is 0 Å². The number of hydrogen-bond acceptors (Lipinski definition) is 1. The third-order valence-corrected chi connectivity index (χ3v) is 6.15. The number of nitrogens with zero attached hydrogens (tertiary/aromatic N) is 1. The normalized spacial score (nSPS) is 41.9. The summed E-state index contributed by atoms with van der Waals surface area (Å²) in [6.07, 6.45) is 4.02. The lowest BCUT2D eigenvalue weighted by molar-refractivity contribution is -0.153. The Labute approximate surface area is 99.5 Å². The van der Waals surface area contributed by atoms with E-state index in [4.69, 9.17) is 0 Å². The molecule has 3 aliphatic rings. The maximum atomic E-state index is 12.3. The van der Waals surface area contributed by atoms with Crippen LogP contribution < -0.4 is 0 Å². The van der Waals surface area contributed by atoms with Gasteiger partial charge in [-0.25, -0.2) is 0 Å². The summed E-state index contributed by atoms with van der Waals surface area (Å²) in [7, 11) is 0. The summed E-state index contributed by atoms with van der Waals surface area (Å²) in [5, 5.41) is 0.762. The molecule has 3 rings (SSSR count). The highest BCUT2D eigenvalue weighted by Gasteiger charge is 2.72. The van der Waals surface area contributed by atoms with E-state index in [1.807, 2.05) is 13.8 Å². The van der Waals surface area contributed by atoms with Gasteiger partial charge in [0.2, 0.25) is 5.91 Å². The Morgan fingerprint density at radius 1 is 1.53 bits per heavy atom. The summed E-state index contributed by atoms with van der Waals surface area (Å²) < 4.78 is 0. The fourth-order valence-electron chi connectivity index (χ4n) is 3.58. The highest BCUT2D eigenvalue weighted by Crippen LogP contribution is 2.70. The molecule has 3 fully saturated rings. The minimum Gasteiger partial charge on any atom is -0.338 e. The number of amides is 1. The van der Waals surface area contributed by atoms with Crippen LogP contribution in [0.3, 0.4) is 0 Å². The number of hydrogen-bond donors (Lipinski definition) is 0. The summed E-state index contributed by atoms with van der Waals surface area (Å²) >= 11 is 3.44. The van der Waals surface area contributed by atoms with Gasteiger partial charge in [0.25, 0.3) is 0 Å². The van der Waals surface area contributed by atoms with Crippen molar-refractivity contribution in [3.8, 4) is 0 Å². The Bertz CT molecular complexity index is 326. The lowest BCUT2D eigenvalue weighted by Crippen LogP contribution is -2.62. The van der Waals surface area contributed by atoms with E-state index in [1.54, 1.807) is 0 Å². The van der Waals surface area contributed by atoms with E-state index >= 15 is 0 Å². The van der Waals surface area contributed by atoms with Crippen LogP contribution in [-0.2, 0) is 4.79 Å². The van der Waals surface area contributed by atoms with Crippen molar-refractivity contribution in [1.29, 1.82) is 0 Å². The van der Waals surface area contributed by atoms with Crippen molar-refractivity contribution in [2.45, 2.75) is 39.2 Å². The van der Waals surface area contributed by atoms with Gasteiger partial charge in [-0.1, -0.05) is 29.8 Å². The van der Waals surface area contributed by atoms with Gasteiger partial charge in [-0.3, -0.25) is 4.79 Å². The van der Waals surface area contributed by atoms with Crippen molar-refractivity contribution in [2.24, 2.45) is 16.7 Å². The Balaban J connectivity index is 1.73. The van der Waals surface area contributed by atoms with Gasteiger partial charge >= 0.3 is 0 Å². The third kappa shape index (κ3) is 1.13. The summed E-state index contributed by atoms with van der Waals surface area (Å²) in [6.45, 7) is 5.13. The van der Waals surface area contributed by atoms with Crippen molar-refractivity contribution in [3.63, 3.8) is 0 Å². The topological polar surface area (TPSA) is 20.3 Å². The van der Waals surface area contributed by atoms with Crippen LogP contribution in [0.4, 0.5) is 0 Å². The minimum atomic E-state index is -0.228. The lowest BCUT2D eigenvalue weighted by atomic mass is 9.82. The fraction of sp³-hybridized carbons (Fsp3) is 0.917. The molecule has 0 N–H and O–H groups in total. The molecule has 15 heavy (non-hydrogen) atoms. The molecule has 0 bridgehead atoms. The van der Waals surface area contributed by atoms with Crippen LogP contribution >= 0.6 is 15.9 Å². The molecule has 1 heterocycles. The van der Waals surface area contributed by atoms with Gasteiger partial charge in [0, 0.05) is 23.3 Å². The molecule has 0 aromatic rings. The summed E-state index contributed by atoms with van der Waals surface area (Å²) in [5.41, 5.74) is 0.382. The quantitative estimate of drug-likeness (QED) is 0.707. The molecule has 84 valence electrons. The molecule has 3 atom stereocenters. The molecule has 0 aromatic carbocycles. The first-order chi connectivity index (χ1) is 7.01. The molecule has 2 saturated carbocycles. The molecule has 3 unspecified atom stereocenters. The second-order valence-corrected chi connectivity index (χ2v) is 6.74. The molecular formula is C12H18BrNO. The van der Waals surface area contributed by atoms with Crippen LogP contribution in [0.1, 0.15) is 33.1 Å². The number of likely N-dealkylation sites (tertiary alicyclic amines) is 1. The first-order valence-corrected chi connectivity index (χ1v) is 7.00. The minimum absolute atomic E-state index is 0.228. The molecule has 0 radical (unpaired) electrons. The van der Waals surface area contributed by atoms with Gasteiger partial charge in [-0.15, -0.1) is 0 Å². The molecular weight excluding hydrogens is 254 g/mol. The average molecular weight is 272 g/mol. The van der Waals surface area contributed by atoms with E-state index < -0.39 is 0 Å². The fourth-order valence-corrected chi connectivity index (χ4v) is 3.82. The zero-order valence-corrected chi connectivity index (χ0v) is 11.0. The third-order valence-electron chi connectivity index (χ3n) is 4.75. The van der Waals surface area contributed by atoms with Crippen LogP contribution in [0.25, 0.3) is 0 Å². The molecule has 1 saturated heterocycles. The Morgan fingerprint density at radius 2 is 2.27 bits per heavy atom. The number of carbonyl (C=O) groups is 1. The SMILES string of the molecule is CC(C)(CBr)C(=O)N1CC23CC2CCC13. The van der Waals surface area contributed by atoms with E-state index in [0.717, 1.165) is 17.8 Å². The van der Waals surface area contributed by atoms with Crippen LogP contribution in [0.5, 0.6) is 0 Å². The van der Waals surface area contributed by atoms with Gasteiger partial charge in [-0.2, -0.15) is 0 Å². The van der Waals surface area contributed by atoms with Crippen molar-refractivity contribution < 1.29 is 4.79 Å². The average Bonchev–Trinajstić information content (AvgIpc) is 2.84. The van der Waals surface area contributed by atoms with Gasteiger partial charge in [-0.05, 0) is 25.2 Å². The Kier molecular flexibility index (Phi) is 1.88. The number of carbonyl (C=O) groups excluding carboxylic acids is 1. The lowest BCUT2D eigenvalue weighted by Gasteiger charge is -2.50. The molecule has 3 heteroatoms. The van der Waals surface area contributed by atoms with E-state index in [1.165, 1.54) is 19.3 Å². The van der Waals surface area contributed by atoms with Gasteiger partial charge in [0.15, 0.2) is 0 Å². The van der Waals surface area contributed by atoms with Crippen LogP contribution in [-0.4, -0.2) is 28.7 Å². The second kappa shape index (κ2) is 2.79. The van der Waals surface area contributed by atoms with Gasteiger partial charge < -0.3 is 4.90 Å². The summed E-state index contributed by atoms with van der Waals surface area (Å²) in [6, 6.07) is 0.605. The molecule has 0 aromatic heterocycles. The van der Waals surface area contributed by atoms with Crippen molar-refractivity contribution >= 4 is 21.8 Å². The largest absolute Gasteiger partial charge is 0.338 e. The zero-order chi connectivity index (χ0) is 10.8. The number of alkyl halides is 1. The van der Waals surface area contributed by atoms with E-state index in [2.05, 4.69) is 20.8 Å². The second-order valence-electron chi connectivity index (χ2n) is 6.18. The molecule has 1 aliphatic heterocycles. The molecule has 2 nitrogen and oxygen atoms in total. The van der Waals surface area contributed by atoms with Gasteiger partial charge in [0.05, 0.1) is 5.41 Å². The van der Waals surface area contributed by atoms with Crippen molar-refractivity contribution in [3.05, 3.63) is 0 Å². The van der Waals surface area contributed by atoms with E-state index in [-0.39, 0.29) is 5.41 Å². The maximum absolute atomic E-state index is 12.3. The van der Waals surface area contributed by atoms with Crippen LogP contribution in [0.2, 0.25) is 0 Å². The zero-order valence-electron chi connectivity index (χ0n) is 9.42. The molecule has 2 aliphatic carbocycles. The maximum Gasteiger partial charge on any atom is 0.229 e. The van der Waals surface area contributed by atoms with Crippen molar-refractivity contribution in [2.75, 3.05) is 11.9 Å². The first-order valence-electron chi connectivity index (χ1n) is 5.88. The number of rotatable bonds is 2. The predicted molar refractivity (Wildman–Crippen MR) is 62.9 cm³/mol. The summed E-state index contributed by atoms with van der Waals surface area (Å²) in [4.78, 5) is 14.4. The highest BCUT2D eigenvalue weighted by atomic mass is 79.9. The highest BCUT2D eigenvalue weighted by molar-refractivity contribution is 9.09. The van der Waals surface area contributed by atoms with Gasteiger partial charge in [0.1, 0.15) is 0 Å². The predicted octanol–water partition coefficient (Wildman–Crippen LogP) is 2.42. The Hall–Kier alpha value is -0.0500. The monoisotopic (exact) mass is 271 g/mol. The van der Waals surface area contributed by atoms with Crippen LogP contribution in [0, 0.1) is 16.7 Å². The Morgan fingerprint density at radius 3 is 2.80 bits per heavy atom. The first kappa shape index (κ1) is 10.1. The molecule has 1 spiro atoms. The van der Waals surface area contributed by atoms with E-state index in [9.17, 15) is 4.79 Å². The molecule has 1 amide bonds. The standard InChI is InChI=1S/C12H18BrNO/c1-11(2,6-13)10(15)14-7-12-5-8(12)3-4-9(12)14/h8-9H,3-7H2,1-2H3. The smallest absolute Gasteiger partial charge is 0.229 e. The van der Waals surface area contributed by atoms with Crippen molar-refractivity contribution in [1.82, 2.24) is 4.90 Å².